The minimum Gasteiger partial charge on any atom is -0.319 e. The molecule has 0 radical (unpaired) electrons. The van der Waals surface area contributed by atoms with Crippen molar-refractivity contribution >= 4 is 16.2 Å². The Morgan fingerprint density at radius 3 is 2.71 bits per heavy atom. The lowest BCUT2D eigenvalue weighted by molar-refractivity contribution is 0.264. The first-order valence-corrected chi connectivity index (χ1v) is 8.47. The Balaban J connectivity index is 2.08. The zero-order valence-corrected chi connectivity index (χ0v) is 13.4. The molecule has 9 heteroatoms. The number of hydrogen-bond donors (Lipinski definition) is 2. The summed E-state index contributed by atoms with van der Waals surface area (Å²) in [5.74, 6) is 0.355. The molecule has 0 aromatic carbocycles. The molecule has 0 aliphatic carbocycles. The number of aryl methyl sites for hydroxylation is 2. The number of anilines is 1. The first-order chi connectivity index (χ1) is 9.92. The Morgan fingerprint density at radius 2 is 2.05 bits per heavy atom. The number of rotatable bonds is 5. The third-order valence-corrected chi connectivity index (χ3v) is 5.08. The monoisotopic (exact) mass is 314 g/mol. The van der Waals surface area contributed by atoms with Gasteiger partial charge in [0, 0.05) is 13.1 Å². The fourth-order valence-corrected chi connectivity index (χ4v) is 3.60. The fourth-order valence-electron chi connectivity index (χ4n) is 2.38. The molecule has 0 amide bonds. The number of hydrogen-bond acceptors (Lipinski definition) is 6. The lowest BCUT2D eigenvalue weighted by atomic mass is 10.00. The van der Waals surface area contributed by atoms with E-state index in [4.69, 9.17) is 0 Å². The van der Waals surface area contributed by atoms with Crippen molar-refractivity contribution in [3.8, 4) is 0 Å². The van der Waals surface area contributed by atoms with Crippen LogP contribution in [0.5, 0.6) is 0 Å². The lowest BCUT2D eigenvalue weighted by Crippen LogP contribution is -2.45. The van der Waals surface area contributed by atoms with Crippen LogP contribution in [0.25, 0.3) is 0 Å². The van der Waals surface area contributed by atoms with Crippen LogP contribution in [-0.4, -0.2) is 54.6 Å². The van der Waals surface area contributed by atoms with E-state index in [9.17, 15) is 8.42 Å². The van der Waals surface area contributed by atoms with Gasteiger partial charge in [0.2, 0.25) is 0 Å². The highest BCUT2D eigenvalue weighted by Gasteiger charge is 2.29. The third kappa shape index (κ3) is 4.08. The van der Waals surface area contributed by atoms with E-state index < -0.39 is 10.2 Å². The predicted molar refractivity (Wildman–Crippen MR) is 80.1 cm³/mol. The molecule has 1 fully saturated rings. The Kier molecular flexibility index (Phi) is 5.07. The second-order valence-electron chi connectivity index (χ2n) is 5.34. The largest absolute Gasteiger partial charge is 0.319 e. The van der Waals surface area contributed by atoms with E-state index in [-0.39, 0.29) is 5.95 Å². The topological polar surface area (TPSA) is 100 Å². The van der Waals surface area contributed by atoms with Crippen LogP contribution < -0.4 is 10.0 Å². The molecular formula is C12H22N6O2S. The summed E-state index contributed by atoms with van der Waals surface area (Å²) < 4.78 is 28.6. The van der Waals surface area contributed by atoms with Crippen LogP contribution in [0, 0.1) is 19.8 Å². The summed E-state index contributed by atoms with van der Waals surface area (Å²) in [6, 6.07) is 0. The van der Waals surface area contributed by atoms with E-state index in [0.29, 0.717) is 30.4 Å². The SMILES string of the molecule is CNCC1CCCN(S(=O)(=O)Nc2nnc(C)c(C)n2)C1. The first kappa shape index (κ1) is 16.1. The Hall–Kier alpha value is -1.32. The summed E-state index contributed by atoms with van der Waals surface area (Å²) >= 11 is 0. The lowest BCUT2D eigenvalue weighted by Gasteiger charge is -2.31. The highest BCUT2D eigenvalue weighted by atomic mass is 32.2. The van der Waals surface area contributed by atoms with Crippen molar-refractivity contribution in [2.75, 3.05) is 31.4 Å². The van der Waals surface area contributed by atoms with Gasteiger partial charge in [-0.05, 0) is 46.2 Å². The molecule has 1 aliphatic heterocycles. The van der Waals surface area contributed by atoms with Crippen molar-refractivity contribution in [3.05, 3.63) is 11.4 Å². The average molecular weight is 314 g/mol. The van der Waals surface area contributed by atoms with Gasteiger partial charge in [0.15, 0.2) is 0 Å². The van der Waals surface area contributed by atoms with Crippen molar-refractivity contribution in [2.45, 2.75) is 26.7 Å². The van der Waals surface area contributed by atoms with Crippen molar-refractivity contribution in [1.82, 2.24) is 24.8 Å². The second-order valence-corrected chi connectivity index (χ2v) is 7.01. The zero-order valence-electron chi connectivity index (χ0n) is 12.6. The molecule has 2 N–H and O–H groups in total. The predicted octanol–water partition coefficient (Wildman–Crippen LogP) is 0.0765. The minimum atomic E-state index is -3.63. The number of aromatic nitrogens is 3. The molecule has 0 bridgehead atoms. The molecule has 1 aromatic heterocycles. The highest BCUT2D eigenvalue weighted by molar-refractivity contribution is 7.90. The summed E-state index contributed by atoms with van der Waals surface area (Å²) in [6.07, 6.45) is 1.90. The third-order valence-electron chi connectivity index (χ3n) is 3.63. The second kappa shape index (κ2) is 6.63. The molecular weight excluding hydrogens is 292 g/mol. The number of piperidine rings is 1. The van der Waals surface area contributed by atoms with Crippen LogP contribution in [0.1, 0.15) is 24.2 Å². The number of nitrogens with zero attached hydrogens (tertiary/aromatic N) is 4. The van der Waals surface area contributed by atoms with Crippen molar-refractivity contribution in [1.29, 1.82) is 0 Å². The van der Waals surface area contributed by atoms with Gasteiger partial charge in [-0.25, -0.2) is 9.71 Å². The van der Waals surface area contributed by atoms with Crippen LogP contribution in [0.2, 0.25) is 0 Å². The maximum absolute atomic E-state index is 12.4. The summed E-state index contributed by atoms with van der Waals surface area (Å²) in [4.78, 5) is 4.11. The van der Waals surface area contributed by atoms with Gasteiger partial charge in [-0.3, -0.25) is 0 Å². The molecule has 2 heterocycles. The zero-order chi connectivity index (χ0) is 15.5. The van der Waals surface area contributed by atoms with Gasteiger partial charge in [0.05, 0.1) is 11.4 Å². The smallest absolute Gasteiger partial charge is 0.304 e. The molecule has 118 valence electrons. The highest BCUT2D eigenvalue weighted by Crippen LogP contribution is 2.19. The van der Waals surface area contributed by atoms with E-state index in [2.05, 4.69) is 25.2 Å². The summed E-state index contributed by atoms with van der Waals surface area (Å²) in [6.45, 7) is 5.39. The summed E-state index contributed by atoms with van der Waals surface area (Å²) in [7, 11) is -1.75. The summed E-state index contributed by atoms with van der Waals surface area (Å²) in [5, 5.41) is 10.8. The molecule has 1 saturated heterocycles. The number of nitrogens with one attached hydrogen (secondary N) is 2. The molecule has 0 spiro atoms. The average Bonchev–Trinajstić information content (AvgIpc) is 2.43. The van der Waals surface area contributed by atoms with Gasteiger partial charge in [0.25, 0.3) is 5.95 Å². The van der Waals surface area contributed by atoms with Crippen molar-refractivity contribution in [2.24, 2.45) is 5.92 Å². The van der Waals surface area contributed by atoms with E-state index >= 15 is 0 Å². The normalized spacial score (nSPS) is 20.4. The molecule has 1 aromatic rings. The summed E-state index contributed by atoms with van der Waals surface area (Å²) in [5.41, 5.74) is 1.35. The molecule has 8 nitrogen and oxygen atoms in total. The van der Waals surface area contributed by atoms with Gasteiger partial charge in [0.1, 0.15) is 0 Å². The Bertz CT molecular complexity index is 589. The van der Waals surface area contributed by atoms with E-state index in [1.165, 1.54) is 4.31 Å². The minimum absolute atomic E-state index is 0.0221. The van der Waals surface area contributed by atoms with E-state index in [1.807, 2.05) is 7.05 Å². The molecule has 1 aliphatic rings. The molecule has 1 unspecified atom stereocenters. The van der Waals surface area contributed by atoms with Crippen LogP contribution in [0.4, 0.5) is 5.95 Å². The standard InChI is InChI=1S/C12H22N6O2S/c1-9-10(2)15-16-12(14-9)17-21(19,20)18-6-4-5-11(8-18)7-13-3/h11,13H,4-8H2,1-3H3,(H,14,16,17). The van der Waals surface area contributed by atoms with Gasteiger partial charge in [-0.15, -0.1) is 5.10 Å². The van der Waals surface area contributed by atoms with Crippen molar-refractivity contribution in [3.63, 3.8) is 0 Å². The molecule has 21 heavy (non-hydrogen) atoms. The van der Waals surface area contributed by atoms with Gasteiger partial charge in [-0.1, -0.05) is 0 Å². The maximum atomic E-state index is 12.4. The molecule has 1 atom stereocenters. The van der Waals surface area contributed by atoms with Gasteiger partial charge >= 0.3 is 10.2 Å². The van der Waals surface area contributed by atoms with E-state index in [0.717, 1.165) is 19.4 Å². The van der Waals surface area contributed by atoms with Crippen molar-refractivity contribution < 1.29 is 8.42 Å². The van der Waals surface area contributed by atoms with Gasteiger partial charge in [-0.2, -0.15) is 17.8 Å². The van der Waals surface area contributed by atoms with Crippen LogP contribution in [-0.2, 0) is 10.2 Å². The molecule has 0 saturated carbocycles. The fraction of sp³-hybridized carbons (Fsp3) is 0.750. The Labute approximate surface area is 125 Å². The van der Waals surface area contributed by atoms with E-state index in [1.54, 1.807) is 13.8 Å². The van der Waals surface area contributed by atoms with Crippen LogP contribution in [0.15, 0.2) is 0 Å². The Morgan fingerprint density at radius 1 is 1.29 bits per heavy atom. The molecule has 2 rings (SSSR count). The van der Waals surface area contributed by atoms with Crippen LogP contribution in [0.3, 0.4) is 0 Å². The first-order valence-electron chi connectivity index (χ1n) is 7.03. The quantitative estimate of drug-likeness (QED) is 0.798. The maximum Gasteiger partial charge on any atom is 0.304 e. The van der Waals surface area contributed by atoms with Gasteiger partial charge < -0.3 is 5.32 Å². The van der Waals surface area contributed by atoms with Crippen LogP contribution >= 0.6 is 0 Å².